The molecule has 5 rings (SSSR count). The van der Waals surface area contributed by atoms with Crippen molar-refractivity contribution >= 4 is 45.0 Å². The summed E-state index contributed by atoms with van der Waals surface area (Å²) in [5.74, 6) is 0.575. The van der Waals surface area contributed by atoms with Gasteiger partial charge >= 0.3 is 5.97 Å². The van der Waals surface area contributed by atoms with Gasteiger partial charge in [-0.2, -0.15) is 0 Å². The molecule has 0 aliphatic carbocycles. The maximum atomic E-state index is 13.4. The van der Waals surface area contributed by atoms with Gasteiger partial charge in [0.25, 0.3) is 5.56 Å². The highest BCUT2D eigenvalue weighted by Crippen LogP contribution is 2.37. The fraction of sp³-hybridized carbons (Fsp3) is 0.194. The van der Waals surface area contributed by atoms with Crippen molar-refractivity contribution < 1.29 is 19.0 Å². The van der Waals surface area contributed by atoms with Crippen LogP contribution in [0.1, 0.15) is 36.6 Å². The summed E-state index contributed by atoms with van der Waals surface area (Å²) in [5, 5.41) is 0. The summed E-state index contributed by atoms with van der Waals surface area (Å²) < 4.78 is 20.0. The van der Waals surface area contributed by atoms with Crippen molar-refractivity contribution in [2.45, 2.75) is 26.5 Å². The zero-order valence-electron chi connectivity index (χ0n) is 22.2. The van der Waals surface area contributed by atoms with E-state index >= 15 is 0 Å². The van der Waals surface area contributed by atoms with Gasteiger partial charge in [-0.1, -0.05) is 75.8 Å². The molecule has 0 saturated heterocycles. The van der Waals surface area contributed by atoms with Crippen molar-refractivity contribution in [3.63, 3.8) is 0 Å². The SMILES string of the molecule is CCOC(=O)C1=C(C)n2c(s/c(=C\c3ccc(Br)cc3)c2=O)=N[C@H]1c1ccc(OCc2ccccc2)c(OC)c1. The minimum atomic E-state index is -0.685. The molecular formula is C31H27BrN2O5S. The number of carbonyl (C=O) groups excluding carboxylic acids is 1. The van der Waals surface area contributed by atoms with E-state index in [0.717, 1.165) is 21.2 Å². The van der Waals surface area contributed by atoms with Crippen LogP contribution in [0.3, 0.4) is 0 Å². The van der Waals surface area contributed by atoms with Gasteiger partial charge < -0.3 is 14.2 Å². The maximum Gasteiger partial charge on any atom is 0.338 e. The number of hydrogen-bond donors (Lipinski definition) is 0. The molecule has 9 heteroatoms. The number of hydrogen-bond acceptors (Lipinski definition) is 7. The van der Waals surface area contributed by atoms with Crippen LogP contribution >= 0.6 is 27.3 Å². The van der Waals surface area contributed by atoms with Gasteiger partial charge in [0.2, 0.25) is 0 Å². The molecule has 3 aromatic carbocycles. The first-order valence-electron chi connectivity index (χ1n) is 12.7. The van der Waals surface area contributed by atoms with Crippen LogP contribution in [0, 0.1) is 0 Å². The summed E-state index contributed by atoms with van der Waals surface area (Å²) in [7, 11) is 1.57. The molecule has 0 saturated carbocycles. The van der Waals surface area contributed by atoms with Crippen molar-refractivity contribution in [1.29, 1.82) is 0 Å². The lowest BCUT2D eigenvalue weighted by atomic mass is 9.96. The monoisotopic (exact) mass is 618 g/mol. The summed E-state index contributed by atoms with van der Waals surface area (Å²) in [6, 6.07) is 22.3. The van der Waals surface area contributed by atoms with Gasteiger partial charge in [0.1, 0.15) is 12.6 Å². The number of esters is 1. The van der Waals surface area contributed by atoms with E-state index in [1.54, 1.807) is 21.0 Å². The first-order chi connectivity index (χ1) is 19.4. The average Bonchev–Trinajstić information content (AvgIpc) is 3.28. The highest BCUT2D eigenvalue weighted by Gasteiger charge is 2.32. The zero-order chi connectivity index (χ0) is 28.2. The van der Waals surface area contributed by atoms with Gasteiger partial charge in [-0.3, -0.25) is 9.36 Å². The molecule has 4 aromatic rings. The third-order valence-corrected chi connectivity index (χ3v) is 7.96. The minimum Gasteiger partial charge on any atom is -0.493 e. The summed E-state index contributed by atoms with van der Waals surface area (Å²) in [6.45, 7) is 4.09. The van der Waals surface area contributed by atoms with E-state index in [1.165, 1.54) is 15.9 Å². The van der Waals surface area contributed by atoms with Gasteiger partial charge in [-0.25, -0.2) is 9.79 Å². The molecule has 0 fully saturated rings. The Morgan fingerprint density at radius 1 is 1.07 bits per heavy atom. The quantitative estimate of drug-likeness (QED) is 0.252. The average molecular weight is 620 g/mol. The number of nitrogens with zero attached hydrogens (tertiary/aromatic N) is 2. The van der Waals surface area contributed by atoms with E-state index in [0.29, 0.717) is 38.7 Å². The molecule has 2 heterocycles. The Morgan fingerprint density at radius 2 is 1.82 bits per heavy atom. The molecule has 0 spiro atoms. The predicted molar refractivity (Wildman–Crippen MR) is 159 cm³/mol. The summed E-state index contributed by atoms with van der Waals surface area (Å²) in [4.78, 5) is 32.0. The van der Waals surface area contributed by atoms with Crippen LogP contribution in [0.15, 0.2) is 92.6 Å². The fourth-order valence-electron chi connectivity index (χ4n) is 4.48. The summed E-state index contributed by atoms with van der Waals surface area (Å²) in [6.07, 6.45) is 1.83. The normalized spacial score (nSPS) is 14.9. The van der Waals surface area contributed by atoms with Crippen molar-refractivity contribution in [2.24, 2.45) is 4.99 Å². The molecule has 204 valence electrons. The van der Waals surface area contributed by atoms with Crippen molar-refractivity contribution in [1.82, 2.24) is 4.57 Å². The summed E-state index contributed by atoms with van der Waals surface area (Å²) in [5.41, 5.74) is 3.21. The van der Waals surface area contributed by atoms with E-state index in [-0.39, 0.29) is 12.2 Å². The number of aromatic nitrogens is 1. The van der Waals surface area contributed by atoms with Crippen LogP contribution in [0.2, 0.25) is 0 Å². The number of thiazole rings is 1. The molecule has 1 atom stereocenters. The highest BCUT2D eigenvalue weighted by atomic mass is 79.9. The molecule has 0 bridgehead atoms. The zero-order valence-corrected chi connectivity index (χ0v) is 24.6. The van der Waals surface area contributed by atoms with E-state index < -0.39 is 12.0 Å². The second kappa shape index (κ2) is 12.1. The second-order valence-corrected chi connectivity index (χ2v) is 10.9. The first kappa shape index (κ1) is 27.6. The van der Waals surface area contributed by atoms with E-state index in [1.807, 2.05) is 78.9 Å². The molecule has 7 nitrogen and oxygen atoms in total. The Balaban J connectivity index is 1.58. The van der Waals surface area contributed by atoms with Crippen LogP contribution < -0.4 is 24.4 Å². The Morgan fingerprint density at radius 3 is 2.52 bits per heavy atom. The Kier molecular flexibility index (Phi) is 8.32. The number of allylic oxidation sites excluding steroid dienone is 1. The third-order valence-electron chi connectivity index (χ3n) is 6.45. The number of methoxy groups -OCH3 is 1. The molecule has 40 heavy (non-hydrogen) atoms. The van der Waals surface area contributed by atoms with Gasteiger partial charge in [0.15, 0.2) is 16.3 Å². The van der Waals surface area contributed by atoms with Crippen molar-refractivity contribution in [2.75, 3.05) is 13.7 Å². The Hall–Kier alpha value is -3.95. The molecular weight excluding hydrogens is 592 g/mol. The van der Waals surface area contributed by atoms with E-state index in [4.69, 9.17) is 19.2 Å². The molecule has 1 aliphatic rings. The number of carbonyl (C=O) groups is 1. The van der Waals surface area contributed by atoms with Crippen LogP contribution in [-0.4, -0.2) is 24.3 Å². The van der Waals surface area contributed by atoms with E-state index in [9.17, 15) is 9.59 Å². The molecule has 0 N–H and O–H groups in total. The van der Waals surface area contributed by atoms with E-state index in [2.05, 4.69) is 15.9 Å². The van der Waals surface area contributed by atoms with Gasteiger partial charge in [0.05, 0.1) is 23.8 Å². The number of fused-ring (bicyclic) bond motifs is 1. The van der Waals surface area contributed by atoms with Crippen molar-refractivity contribution in [3.05, 3.63) is 119 Å². The van der Waals surface area contributed by atoms with Crippen LogP contribution in [0.4, 0.5) is 0 Å². The molecule has 0 unspecified atom stereocenters. The van der Waals surface area contributed by atoms with Gasteiger partial charge in [0, 0.05) is 10.2 Å². The fourth-order valence-corrected chi connectivity index (χ4v) is 5.78. The number of benzene rings is 3. The smallest absolute Gasteiger partial charge is 0.338 e. The van der Waals surface area contributed by atoms with Gasteiger partial charge in [-0.05, 0) is 60.9 Å². The lowest BCUT2D eigenvalue weighted by molar-refractivity contribution is -0.138. The van der Waals surface area contributed by atoms with Gasteiger partial charge in [-0.15, -0.1) is 0 Å². The lowest BCUT2D eigenvalue weighted by Gasteiger charge is -2.23. The Labute approximate surface area is 243 Å². The third kappa shape index (κ3) is 5.66. The largest absolute Gasteiger partial charge is 0.493 e. The summed E-state index contributed by atoms with van der Waals surface area (Å²) >= 11 is 4.72. The minimum absolute atomic E-state index is 0.200. The Bertz CT molecular complexity index is 1760. The molecule has 0 amide bonds. The predicted octanol–water partition coefficient (Wildman–Crippen LogP) is 5.26. The number of ether oxygens (including phenoxy) is 3. The maximum absolute atomic E-state index is 13.4. The lowest BCUT2D eigenvalue weighted by Crippen LogP contribution is -2.35. The van der Waals surface area contributed by atoms with Crippen LogP contribution in [-0.2, 0) is 16.1 Å². The van der Waals surface area contributed by atoms with Crippen LogP contribution in [0.25, 0.3) is 11.8 Å². The highest BCUT2D eigenvalue weighted by molar-refractivity contribution is 9.10. The topological polar surface area (TPSA) is 79.1 Å². The number of halogens is 1. The molecule has 1 aliphatic heterocycles. The van der Waals surface area contributed by atoms with Crippen LogP contribution in [0.5, 0.6) is 11.5 Å². The molecule has 1 aromatic heterocycles. The second-order valence-electron chi connectivity index (χ2n) is 9.02. The molecule has 0 radical (unpaired) electrons. The standard InChI is InChI=1S/C31H27BrN2O5S/c1-4-38-30(36)27-19(2)34-29(35)26(16-20-10-13-23(32)14-11-20)40-31(34)33-28(27)22-12-15-24(25(17-22)37-3)39-18-21-8-6-5-7-9-21/h5-17,28H,4,18H2,1-3H3/b26-16-/t28-/m0/s1. The van der Waals surface area contributed by atoms with Crippen molar-refractivity contribution in [3.8, 4) is 11.5 Å². The first-order valence-corrected chi connectivity index (χ1v) is 14.3. The number of rotatable bonds is 8.